The molecule has 4 aromatic rings. The lowest BCUT2D eigenvalue weighted by molar-refractivity contribution is -0.0190. The topological polar surface area (TPSA) is 29.8 Å². The van der Waals surface area contributed by atoms with Gasteiger partial charge in [0.2, 0.25) is 0 Å². The van der Waals surface area contributed by atoms with Crippen LogP contribution in [0.15, 0.2) is 65.7 Å². The first kappa shape index (κ1) is 23.6. The number of likely N-dealkylation sites (N-methyl/N-ethyl adjacent to an activating group) is 1. The third-order valence-electron chi connectivity index (χ3n) is 5.96. The predicted molar refractivity (Wildman–Crippen MR) is 138 cm³/mol. The molecule has 0 N–H and O–H groups in total. The van der Waals surface area contributed by atoms with E-state index in [1.165, 1.54) is 17.8 Å². The van der Waals surface area contributed by atoms with Crippen molar-refractivity contribution in [3.63, 3.8) is 0 Å². The number of hydrogen-bond donors (Lipinski definition) is 0. The summed E-state index contributed by atoms with van der Waals surface area (Å²) in [6.45, 7) is 2.41. The van der Waals surface area contributed by atoms with E-state index in [4.69, 9.17) is 32.9 Å². The van der Waals surface area contributed by atoms with E-state index in [1.54, 1.807) is 12.1 Å². The number of fused-ring (bicyclic) bond motifs is 1. The molecule has 0 amide bonds. The summed E-state index contributed by atoms with van der Waals surface area (Å²) in [7, 11) is 2.09. The van der Waals surface area contributed by atoms with Gasteiger partial charge in [0, 0.05) is 53.0 Å². The maximum Gasteiger partial charge on any atom is 0.139 e. The average molecular weight is 516 g/mol. The number of aromatic nitrogens is 2. The number of morpholine rings is 1. The Balaban J connectivity index is 1.50. The van der Waals surface area contributed by atoms with Gasteiger partial charge in [-0.3, -0.25) is 0 Å². The van der Waals surface area contributed by atoms with Crippen LogP contribution in [0, 0.1) is 5.82 Å². The first-order chi connectivity index (χ1) is 16.5. The Labute approximate surface area is 212 Å². The van der Waals surface area contributed by atoms with Crippen LogP contribution in [0.4, 0.5) is 4.39 Å². The predicted octanol–water partition coefficient (Wildman–Crippen LogP) is 6.61. The fraction of sp³-hybridized carbons (Fsp3) is 0.269. The lowest BCUT2D eigenvalue weighted by atomic mass is 10.0. The molecule has 4 nitrogen and oxygen atoms in total. The molecule has 1 atom stereocenters. The highest BCUT2D eigenvalue weighted by molar-refractivity contribution is 7.98. The number of ether oxygens (including phenoxy) is 1. The highest BCUT2D eigenvalue weighted by Gasteiger charge is 2.24. The number of pyridine rings is 1. The Morgan fingerprint density at radius 1 is 1.15 bits per heavy atom. The van der Waals surface area contributed by atoms with Crippen molar-refractivity contribution in [1.29, 1.82) is 0 Å². The largest absolute Gasteiger partial charge is 0.375 e. The minimum absolute atomic E-state index is 0.0115. The first-order valence-corrected chi connectivity index (χ1v) is 12.8. The molecule has 1 aliphatic heterocycles. The summed E-state index contributed by atoms with van der Waals surface area (Å²) in [5.74, 6) is 0.355. The Bertz CT molecular complexity index is 1310. The minimum atomic E-state index is -0.310. The van der Waals surface area contributed by atoms with Crippen molar-refractivity contribution in [2.75, 3.05) is 26.7 Å². The number of imidazole rings is 1. The number of hydrogen-bond acceptors (Lipinski definition) is 4. The standard InChI is InChI=1S/C26H24Cl2FN3OS/c1-31-9-10-33-19(15-31)12-23-26(30-25-11-18(27)7-8-32(23)25)20-13-22(29)24(14-21(20)28)34-16-17-5-3-2-4-6-17/h2-8,11,13-14,19H,9-10,12,15-16H2,1H3. The van der Waals surface area contributed by atoms with Crippen molar-refractivity contribution in [2.24, 2.45) is 0 Å². The van der Waals surface area contributed by atoms with Crippen LogP contribution in [-0.2, 0) is 16.9 Å². The number of thioether (sulfide) groups is 1. The van der Waals surface area contributed by atoms with E-state index in [9.17, 15) is 0 Å². The third kappa shape index (κ3) is 5.11. The number of halogens is 3. The van der Waals surface area contributed by atoms with Crippen LogP contribution in [-0.4, -0.2) is 47.1 Å². The lowest BCUT2D eigenvalue weighted by Gasteiger charge is -2.30. The molecule has 0 radical (unpaired) electrons. The molecule has 2 aromatic carbocycles. The molecule has 0 saturated carbocycles. The molecule has 0 bridgehead atoms. The van der Waals surface area contributed by atoms with Gasteiger partial charge in [-0.25, -0.2) is 9.37 Å². The molecular weight excluding hydrogens is 492 g/mol. The zero-order valence-electron chi connectivity index (χ0n) is 18.7. The van der Waals surface area contributed by atoms with Gasteiger partial charge in [0.15, 0.2) is 0 Å². The van der Waals surface area contributed by atoms with Crippen molar-refractivity contribution < 1.29 is 9.13 Å². The second-order valence-corrected chi connectivity index (χ2v) is 10.3. The number of nitrogens with zero attached hydrogens (tertiary/aromatic N) is 3. The molecule has 1 saturated heterocycles. The fourth-order valence-corrected chi connectivity index (χ4v) is 5.63. The maximum atomic E-state index is 15.2. The zero-order valence-corrected chi connectivity index (χ0v) is 21.0. The van der Waals surface area contributed by atoms with Crippen LogP contribution in [0.1, 0.15) is 11.3 Å². The number of benzene rings is 2. The highest BCUT2D eigenvalue weighted by atomic mass is 35.5. The van der Waals surface area contributed by atoms with Crippen molar-refractivity contribution >= 4 is 40.6 Å². The monoisotopic (exact) mass is 515 g/mol. The van der Waals surface area contributed by atoms with E-state index >= 15 is 4.39 Å². The summed E-state index contributed by atoms with van der Waals surface area (Å²) >= 11 is 14.4. The molecule has 34 heavy (non-hydrogen) atoms. The Morgan fingerprint density at radius 3 is 2.76 bits per heavy atom. The molecule has 0 spiro atoms. The van der Waals surface area contributed by atoms with Gasteiger partial charge < -0.3 is 14.0 Å². The smallest absolute Gasteiger partial charge is 0.139 e. The zero-order chi connectivity index (χ0) is 23.7. The summed E-state index contributed by atoms with van der Waals surface area (Å²) in [6.07, 6.45) is 2.53. The molecule has 176 valence electrons. The van der Waals surface area contributed by atoms with Crippen molar-refractivity contribution in [2.45, 2.75) is 23.2 Å². The SMILES string of the molecule is CN1CCOC(Cc2c(-c3cc(F)c(SCc4ccccc4)cc3Cl)nc3cc(Cl)ccn23)C1. The highest BCUT2D eigenvalue weighted by Crippen LogP contribution is 2.37. The number of rotatable bonds is 6. The normalized spacial score (nSPS) is 16.9. The van der Waals surface area contributed by atoms with Gasteiger partial charge in [-0.15, -0.1) is 11.8 Å². The molecular formula is C26H24Cl2FN3OS. The van der Waals surface area contributed by atoms with Gasteiger partial charge in [-0.05, 0) is 30.8 Å². The quantitative estimate of drug-likeness (QED) is 0.270. The summed E-state index contributed by atoms with van der Waals surface area (Å²) in [6, 6.07) is 16.8. The van der Waals surface area contributed by atoms with E-state index in [-0.39, 0.29) is 11.9 Å². The second-order valence-electron chi connectivity index (χ2n) is 8.48. The maximum absolute atomic E-state index is 15.2. The molecule has 1 unspecified atom stereocenters. The van der Waals surface area contributed by atoms with Crippen LogP contribution in [0.3, 0.4) is 0 Å². The minimum Gasteiger partial charge on any atom is -0.375 e. The molecule has 0 aliphatic carbocycles. The summed E-state index contributed by atoms with van der Waals surface area (Å²) in [5, 5.41) is 1.06. The molecule has 8 heteroatoms. The summed E-state index contributed by atoms with van der Waals surface area (Å²) < 4.78 is 23.2. The van der Waals surface area contributed by atoms with E-state index in [1.807, 2.05) is 47.0 Å². The molecule has 2 aromatic heterocycles. The Morgan fingerprint density at radius 2 is 1.97 bits per heavy atom. The van der Waals surface area contributed by atoms with Gasteiger partial charge in [-0.2, -0.15) is 0 Å². The van der Waals surface area contributed by atoms with Gasteiger partial charge in [0.1, 0.15) is 11.5 Å². The Hall–Kier alpha value is -2.09. The third-order valence-corrected chi connectivity index (χ3v) is 7.61. The van der Waals surface area contributed by atoms with E-state index in [0.29, 0.717) is 50.6 Å². The van der Waals surface area contributed by atoms with Crippen LogP contribution < -0.4 is 0 Å². The summed E-state index contributed by atoms with van der Waals surface area (Å²) in [5.41, 5.74) is 3.98. The van der Waals surface area contributed by atoms with E-state index in [0.717, 1.165) is 24.3 Å². The van der Waals surface area contributed by atoms with Crippen molar-refractivity contribution in [1.82, 2.24) is 14.3 Å². The lowest BCUT2D eigenvalue weighted by Crippen LogP contribution is -2.41. The van der Waals surface area contributed by atoms with Crippen LogP contribution in [0.5, 0.6) is 0 Å². The van der Waals surface area contributed by atoms with Gasteiger partial charge in [0.05, 0.1) is 29.1 Å². The second kappa shape index (κ2) is 10.3. The average Bonchev–Trinajstić information content (AvgIpc) is 3.17. The Kier molecular flexibility index (Phi) is 7.14. The van der Waals surface area contributed by atoms with E-state index in [2.05, 4.69) is 11.9 Å². The van der Waals surface area contributed by atoms with Crippen LogP contribution in [0.2, 0.25) is 10.0 Å². The molecule has 3 heterocycles. The first-order valence-electron chi connectivity index (χ1n) is 11.1. The summed E-state index contributed by atoms with van der Waals surface area (Å²) in [4.78, 5) is 7.57. The van der Waals surface area contributed by atoms with Crippen molar-refractivity contribution in [3.8, 4) is 11.3 Å². The fourth-order valence-electron chi connectivity index (χ4n) is 4.24. The van der Waals surface area contributed by atoms with Crippen LogP contribution >= 0.6 is 35.0 Å². The van der Waals surface area contributed by atoms with E-state index < -0.39 is 0 Å². The van der Waals surface area contributed by atoms with Crippen molar-refractivity contribution in [3.05, 3.63) is 87.9 Å². The van der Waals surface area contributed by atoms with Gasteiger partial charge >= 0.3 is 0 Å². The molecule has 1 fully saturated rings. The van der Waals surface area contributed by atoms with Gasteiger partial charge in [0.25, 0.3) is 0 Å². The molecule has 1 aliphatic rings. The van der Waals surface area contributed by atoms with Crippen LogP contribution in [0.25, 0.3) is 16.9 Å². The molecule has 5 rings (SSSR count). The van der Waals surface area contributed by atoms with Gasteiger partial charge in [-0.1, -0.05) is 53.5 Å².